The van der Waals surface area contributed by atoms with Crippen molar-refractivity contribution in [2.45, 2.75) is 83.5 Å². The smallest absolute Gasteiger partial charge is 0.145 e. The number of pyridine rings is 1. The van der Waals surface area contributed by atoms with Crippen LogP contribution in [0, 0.1) is 12.8 Å². The summed E-state index contributed by atoms with van der Waals surface area (Å²) in [6.45, 7) is 2.21. The number of furan rings is 1. The van der Waals surface area contributed by atoms with E-state index in [0.29, 0.717) is 5.92 Å². The average Bonchev–Trinajstić information content (AvgIpc) is 3.26. The molecule has 0 atom stereocenters. The molecule has 6 rings (SSSR count). The van der Waals surface area contributed by atoms with E-state index in [0.717, 1.165) is 28.3 Å². The minimum absolute atomic E-state index is 0.628. The quantitative estimate of drug-likeness (QED) is 0.318. The highest BCUT2D eigenvalue weighted by atomic mass is 16.3. The van der Waals surface area contributed by atoms with E-state index in [2.05, 4.69) is 49.4 Å². The molecule has 0 bridgehead atoms. The van der Waals surface area contributed by atoms with Crippen LogP contribution in [0.1, 0.15) is 86.8 Å². The third-order valence-electron chi connectivity index (χ3n) is 8.28. The van der Waals surface area contributed by atoms with Crippen LogP contribution in [0.25, 0.3) is 33.2 Å². The van der Waals surface area contributed by atoms with Gasteiger partial charge in [-0.25, -0.2) is 0 Å². The molecule has 2 aliphatic rings. The van der Waals surface area contributed by atoms with E-state index in [-0.39, 0.29) is 0 Å². The Bertz CT molecular complexity index is 1270. The minimum Gasteiger partial charge on any atom is -0.455 e. The number of fused-ring (bicyclic) bond motifs is 3. The molecule has 0 amide bonds. The van der Waals surface area contributed by atoms with E-state index in [1.54, 1.807) is 0 Å². The summed E-state index contributed by atoms with van der Waals surface area (Å²) < 4.78 is 6.75. The molecule has 2 aliphatic carbocycles. The molecule has 0 aliphatic heterocycles. The van der Waals surface area contributed by atoms with Crippen molar-refractivity contribution in [2.24, 2.45) is 5.92 Å². The van der Waals surface area contributed by atoms with Gasteiger partial charge < -0.3 is 4.42 Å². The second kappa shape index (κ2) is 8.97. The zero-order valence-electron chi connectivity index (χ0n) is 19.9. The van der Waals surface area contributed by atoms with Crippen LogP contribution in [0.5, 0.6) is 0 Å². The van der Waals surface area contributed by atoms with Crippen molar-refractivity contribution >= 4 is 21.9 Å². The van der Waals surface area contributed by atoms with Gasteiger partial charge in [0, 0.05) is 22.5 Å². The molecule has 33 heavy (non-hydrogen) atoms. The Hall–Kier alpha value is -2.61. The monoisotopic (exact) mass is 437 g/mol. The summed E-state index contributed by atoms with van der Waals surface area (Å²) in [5, 5.41) is 2.53. The maximum absolute atomic E-state index is 6.75. The number of hydrogen-bond donors (Lipinski definition) is 0. The van der Waals surface area contributed by atoms with Gasteiger partial charge in [-0.1, -0.05) is 75.6 Å². The fraction of sp³-hybridized carbons (Fsp3) is 0.452. The lowest BCUT2D eigenvalue weighted by atomic mass is 9.83. The van der Waals surface area contributed by atoms with Gasteiger partial charge in [0.25, 0.3) is 0 Å². The first-order valence-corrected chi connectivity index (χ1v) is 13.2. The molecule has 2 aromatic carbocycles. The largest absolute Gasteiger partial charge is 0.455 e. The Labute approximate surface area is 197 Å². The van der Waals surface area contributed by atoms with E-state index in [4.69, 9.17) is 9.40 Å². The highest BCUT2D eigenvalue weighted by Gasteiger charge is 2.23. The Kier molecular flexibility index (Phi) is 5.70. The van der Waals surface area contributed by atoms with Crippen LogP contribution in [0.2, 0.25) is 0 Å². The van der Waals surface area contributed by atoms with Gasteiger partial charge in [0.15, 0.2) is 0 Å². The maximum atomic E-state index is 6.75. The Morgan fingerprint density at radius 1 is 0.848 bits per heavy atom. The molecular weight excluding hydrogens is 402 g/mol. The summed E-state index contributed by atoms with van der Waals surface area (Å²) >= 11 is 0. The number of benzene rings is 2. The lowest BCUT2D eigenvalue weighted by Gasteiger charge is -2.21. The van der Waals surface area contributed by atoms with E-state index >= 15 is 0 Å². The summed E-state index contributed by atoms with van der Waals surface area (Å²) in [5.74, 6) is 1.46. The van der Waals surface area contributed by atoms with Gasteiger partial charge in [0.1, 0.15) is 11.2 Å². The molecule has 170 valence electrons. The molecule has 2 heterocycles. The molecule has 0 radical (unpaired) electrons. The maximum Gasteiger partial charge on any atom is 0.145 e. The molecule has 0 spiro atoms. The number of hydrogen-bond acceptors (Lipinski definition) is 2. The first-order chi connectivity index (χ1) is 16.3. The van der Waals surface area contributed by atoms with E-state index in [1.807, 2.05) is 6.20 Å². The molecule has 2 heteroatoms. The number of aromatic nitrogens is 1. The van der Waals surface area contributed by atoms with Gasteiger partial charge >= 0.3 is 0 Å². The standard InChI is InChI=1S/C31H35NO/c1-21-15-16-26(28-20-23(17-18-32-28)19-22-9-4-2-5-10-22)31-29(21)27-14-8-13-25(30(27)33-31)24-11-6-3-7-12-24/h8,13-18,20,22,24H,2-7,9-12,19H2,1H3. The summed E-state index contributed by atoms with van der Waals surface area (Å²) in [7, 11) is 0. The van der Waals surface area contributed by atoms with Crippen molar-refractivity contribution < 1.29 is 4.42 Å². The van der Waals surface area contributed by atoms with Crippen molar-refractivity contribution in [2.75, 3.05) is 0 Å². The van der Waals surface area contributed by atoms with E-state index < -0.39 is 0 Å². The van der Waals surface area contributed by atoms with Gasteiger partial charge in [-0.15, -0.1) is 0 Å². The fourth-order valence-electron chi connectivity index (χ4n) is 6.50. The van der Waals surface area contributed by atoms with Crippen LogP contribution in [-0.4, -0.2) is 4.98 Å². The first-order valence-electron chi connectivity index (χ1n) is 13.2. The first kappa shape index (κ1) is 21.0. The lowest BCUT2D eigenvalue weighted by Crippen LogP contribution is -2.09. The predicted octanol–water partition coefficient (Wildman–Crippen LogP) is 9.13. The molecule has 0 N–H and O–H groups in total. The van der Waals surface area contributed by atoms with Crippen molar-refractivity contribution in [1.29, 1.82) is 0 Å². The van der Waals surface area contributed by atoms with Crippen molar-refractivity contribution in [3.05, 3.63) is 65.4 Å². The Morgan fingerprint density at radius 2 is 1.64 bits per heavy atom. The van der Waals surface area contributed by atoms with E-state index in [9.17, 15) is 0 Å². The second-order valence-electron chi connectivity index (χ2n) is 10.6. The van der Waals surface area contributed by atoms with Crippen molar-refractivity contribution in [1.82, 2.24) is 4.98 Å². The SMILES string of the molecule is Cc1ccc(-c2cc(CC3CCCCC3)ccn2)c2oc3c(C4CCCCC4)cccc3c12. The van der Waals surface area contributed by atoms with Gasteiger partial charge in [-0.3, -0.25) is 4.98 Å². The van der Waals surface area contributed by atoms with Crippen LogP contribution < -0.4 is 0 Å². The molecule has 4 aromatic rings. The summed E-state index contributed by atoms with van der Waals surface area (Å²) in [4.78, 5) is 4.80. The van der Waals surface area contributed by atoms with Crippen LogP contribution in [-0.2, 0) is 6.42 Å². The van der Waals surface area contributed by atoms with Crippen LogP contribution in [0.4, 0.5) is 0 Å². The average molecular weight is 438 g/mol. The number of nitrogens with zero attached hydrogens (tertiary/aromatic N) is 1. The van der Waals surface area contributed by atoms with Crippen molar-refractivity contribution in [3.63, 3.8) is 0 Å². The molecule has 2 nitrogen and oxygen atoms in total. The Balaban J connectivity index is 1.44. The lowest BCUT2D eigenvalue weighted by molar-refractivity contribution is 0.356. The third kappa shape index (κ3) is 3.98. The summed E-state index contributed by atoms with van der Waals surface area (Å²) in [6.07, 6.45) is 16.7. The number of para-hydroxylation sites is 1. The topological polar surface area (TPSA) is 26.0 Å². The van der Waals surface area contributed by atoms with Gasteiger partial charge in [0.05, 0.1) is 5.69 Å². The normalized spacial score (nSPS) is 18.3. The van der Waals surface area contributed by atoms with E-state index in [1.165, 1.54) is 98.1 Å². The Morgan fingerprint density at radius 3 is 2.45 bits per heavy atom. The molecule has 0 saturated heterocycles. The molecule has 2 fully saturated rings. The van der Waals surface area contributed by atoms with Gasteiger partial charge in [-0.05, 0) is 72.9 Å². The highest BCUT2D eigenvalue weighted by molar-refractivity contribution is 6.11. The number of aryl methyl sites for hydroxylation is 1. The summed E-state index contributed by atoms with van der Waals surface area (Å²) in [5.41, 5.74) is 8.40. The van der Waals surface area contributed by atoms with Gasteiger partial charge in [-0.2, -0.15) is 0 Å². The second-order valence-corrected chi connectivity index (χ2v) is 10.6. The fourth-order valence-corrected chi connectivity index (χ4v) is 6.50. The minimum atomic E-state index is 0.628. The number of rotatable bonds is 4. The molecule has 2 aromatic heterocycles. The van der Waals surface area contributed by atoms with Crippen LogP contribution in [0.3, 0.4) is 0 Å². The van der Waals surface area contributed by atoms with Gasteiger partial charge in [0.2, 0.25) is 0 Å². The van der Waals surface area contributed by atoms with Crippen LogP contribution in [0.15, 0.2) is 53.1 Å². The van der Waals surface area contributed by atoms with Crippen molar-refractivity contribution in [3.8, 4) is 11.3 Å². The molecular formula is C31H35NO. The van der Waals surface area contributed by atoms with Crippen LogP contribution >= 0.6 is 0 Å². The summed E-state index contributed by atoms with van der Waals surface area (Å²) in [6, 6.07) is 15.8. The molecule has 0 unspecified atom stereocenters. The third-order valence-corrected chi connectivity index (χ3v) is 8.28. The zero-order chi connectivity index (χ0) is 22.2. The predicted molar refractivity (Wildman–Crippen MR) is 138 cm³/mol. The highest BCUT2D eigenvalue weighted by Crippen LogP contribution is 2.43. The zero-order valence-corrected chi connectivity index (χ0v) is 19.9. The molecule has 2 saturated carbocycles.